The largest absolute Gasteiger partial charge is 0.416 e. The van der Waals surface area contributed by atoms with Gasteiger partial charge in [0.15, 0.2) is 0 Å². The number of nitrogens with zero attached hydrogens (tertiary/aromatic N) is 2. The summed E-state index contributed by atoms with van der Waals surface area (Å²) in [5.41, 5.74) is 0. The Morgan fingerprint density at radius 1 is 1.18 bits per heavy atom. The molecule has 0 aromatic rings. The average molecular weight is 265 g/mol. The maximum atomic E-state index is 6.83. The Balaban J connectivity index is 2.46. The van der Waals surface area contributed by atoms with E-state index in [1.807, 2.05) is 0 Å². The fourth-order valence-corrected chi connectivity index (χ4v) is 8.78. The van der Waals surface area contributed by atoms with Gasteiger partial charge in [-0.25, -0.2) is 0 Å². The minimum Gasteiger partial charge on any atom is -0.178 e. The van der Waals surface area contributed by atoms with Crippen LogP contribution in [0.3, 0.4) is 0 Å². The van der Waals surface area contributed by atoms with Crippen molar-refractivity contribution in [1.82, 2.24) is 9.34 Å². The van der Waals surface area contributed by atoms with E-state index >= 15 is 0 Å². The highest BCUT2D eigenvalue weighted by molar-refractivity contribution is 7.97. The molecule has 0 bridgehead atoms. The first-order chi connectivity index (χ1) is 7.78. The molecule has 0 atom stereocenters. The highest BCUT2D eigenvalue weighted by atomic mass is 31.2. The molecule has 0 saturated carbocycles. The van der Waals surface area contributed by atoms with Gasteiger partial charge in [0, 0.05) is 33.6 Å². The summed E-state index contributed by atoms with van der Waals surface area (Å²) in [6, 6.07) is 0. The first-order valence-corrected chi connectivity index (χ1v) is 11.6. The van der Waals surface area contributed by atoms with Gasteiger partial charge in [-0.05, 0) is 5.20 Å². The molecule has 17 heavy (non-hydrogen) atoms. The van der Waals surface area contributed by atoms with E-state index in [9.17, 15) is 0 Å². The molecule has 2 radical (unpaired) electrons. The van der Waals surface area contributed by atoms with Crippen molar-refractivity contribution >= 4 is 23.1 Å². The predicted molar refractivity (Wildman–Crippen MR) is 82.1 cm³/mol. The van der Waals surface area contributed by atoms with Crippen LogP contribution >= 0.6 is 7.44 Å². The van der Waals surface area contributed by atoms with Crippen LogP contribution in [0.5, 0.6) is 0 Å². The Morgan fingerprint density at radius 3 is 2.18 bits per heavy atom. The third-order valence-corrected chi connectivity index (χ3v) is 9.90. The maximum absolute atomic E-state index is 6.83. The molecule has 0 unspecified atom stereocenters. The van der Waals surface area contributed by atoms with Crippen LogP contribution in [-0.2, 0) is 0 Å². The Labute approximate surface area is 109 Å². The molecule has 2 rings (SSSR count). The summed E-state index contributed by atoms with van der Waals surface area (Å²) < 4.78 is 4.80. The summed E-state index contributed by atoms with van der Waals surface area (Å²) in [7, 11) is 8.24. The predicted octanol–water partition coefficient (Wildman–Crippen LogP) is 2.89. The maximum Gasteiger partial charge on any atom is 0.416 e. The summed E-state index contributed by atoms with van der Waals surface area (Å²) >= 11 is 0. The van der Waals surface area contributed by atoms with Crippen molar-refractivity contribution in [1.29, 1.82) is 0 Å². The van der Waals surface area contributed by atoms with E-state index in [4.69, 9.17) is 7.57 Å². The van der Waals surface area contributed by atoms with Gasteiger partial charge in [-0.1, -0.05) is 31.8 Å². The first-order valence-electron chi connectivity index (χ1n) is 6.29. The van der Waals surface area contributed by atoms with Crippen LogP contribution in [0, 0.1) is 0 Å². The van der Waals surface area contributed by atoms with Gasteiger partial charge in [0.25, 0.3) is 0 Å². The molecule has 0 aromatic carbocycles. The topological polar surface area (TPSA) is 6.48 Å². The van der Waals surface area contributed by atoms with Gasteiger partial charge in [-0.2, -0.15) is 9.34 Å². The van der Waals surface area contributed by atoms with E-state index in [2.05, 4.69) is 55.2 Å². The van der Waals surface area contributed by atoms with Gasteiger partial charge >= 0.3 is 7.57 Å². The van der Waals surface area contributed by atoms with Crippen molar-refractivity contribution in [2.75, 3.05) is 27.2 Å². The average Bonchev–Trinajstić information content (AvgIpc) is 2.79. The van der Waals surface area contributed by atoms with E-state index in [1.165, 1.54) is 0 Å². The van der Waals surface area contributed by atoms with Gasteiger partial charge in [0.1, 0.15) is 7.44 Å². The number of rotatable bonds is 2. The number of allylic oxidation sites excluding steroid dienone is 4. The smallest absolute Gasteiger partial charge is 0.178 e. The lowest BCUT2D eigenvalue weighted by atomic mass is 10.5. The second-order valence-corrected chi connectivity index (χ2v) is 14.4. The number of hydrogen-bond donors (Lipinski definition) is 0. The van der Waals surface area contributed by atoms with Gasteiger partial charge < -0.3 is 0 Å². The fourth-order valence-electron chi connectivity index (χ4n) is 2.76. The minimum absolute atomic E-state index is 1.07. The molecule has 5 heteroatoms. The summed E-state index contributed by atoms with van der Waals surface area (Å²) in [5.74, 6) is 0. The Hall–Kier alpha value is 0.112. The van der Waals surface area contributed by atoms with Crippen molar-refractivity contribution in [3.8, 4) is 0 Å². The van der Waals surface area contributed by atoms with Gasteiger partial charge in [0.05, 0.1) is 13.4 Å². The third kappa shape index (κ3) is 2.10. The van der Waals surface area contributed by atoms with Crippen molar-refractivity contribution in [3.63, 3.8) is 0 Å². The fraction of sp³-hybridized carbons (Fsp3) is 0.667. The van der Waals surface area contributed by atoms with Crippen LogP contribution in [-0.4, -0.2) is 52.2 Å². The Bertz CT molecular complexity index is 376. The highest BCUT2D eigenvalue weighted by Crippen LogP contribution is 2.71. The lowest BCUT2D eigenvalue weighted by Gasteiger charge is -2.33. The molecule has 1 aliphatic heterocycles. The van der Waals surface area contributed by atoms with Crippen LogP contribution in [0.1, 0.15) is 6.42 Å². The summed E-state index contributed by atoms with van der Waals surface area (Å²) in [6.07, 6.45) is 5.71. The first kappa shape index (κ1) is 13.5. The summed E-state index contributed by atoms with van der Waals surface area (Å²) in [6.45, 7) is 9.45. The van der Waals surface area contributed by atoms with Crippen molar-refractivity contribution < 1.29 is 0 Å². The van der Waals surface area contributed by atoms with Gasteiger partial charge in [-0.15, -0.1) is 0 Å². The molecule has 1 saturated heterocycles. The number of hydrogen-bond acceptors (Lipinski definition) is 2. The van der Waals surface area contributed by atoms with Crippen LogP contribution < -0.4 is 0 Å². The van der Waals surface area contributed by atoms with Crippen molar-refractivity contribution in [3.05, 3.63) is 22.7 Å². The van der Waals surface area contributed by atoms with Crippen LogP contribution in [0.4, 0.5) is 0 Å². The van der Waals surface area contributed by atoms with Gasteiger partial charge in [0.2, 0.25) is 0 Å². The molecule has 2 aliphatic rings. The summed E-state index contributed by atoms with van der Waals surface area (Å²) in [5, 5.41) is 3.13. The van der Waals surface area contributed by atoms with E-state index in [1.54, 1.807) is 10.5 Å². The second-order valence-electron chi connectivity index (χ2n) is 6.13. The molecule has 0 amide bonds. The molecule has 92 valence electrons. The molecule has 0 aromatic heterocycles. The lowest BCUT2D eigenvalue weighted by molar-refractivity contribution is 0.553. The van der Waals surface area contributed by atoms with Crippen molar-refractivity contribution in [2.45, 2.75) is 26.1 Å². The SMILES string of the molecule is [B][P+]1(C2=C([Si](C)(C)C)C=CC2)N(C)CCN1C. The van der Waals surface area contributed by atoms with Gasteiger partial charge in [-0.3, -0.25) is 0 Å². The summed E-state index contributed by atoms with van der Waals surface area (Å²) in [4.78, 5) is 0. The molecule has 0 spiro atoms. The van der Waals surface area contributed by atoms with Crippen LogP contribution in [0.25, 0.3) is 0 Å². The van der Waals surface area contributed by atoms with E-state index < -0.39 is 15.5 Å². The normalized spacial score (nSPS) is 26.2. The lowest BCUT2D eigenvalue weighted by Crippen LogP contribution is -2.28. The van der Waals surface area contributed by atoms with Crippen LogP contribution in [0.2, 0.25) is 19.6 Å². The van der Waals surface area contributed by atoms with Crippen molar-refractivity contribution in [2.24, 2.45) is 0 Å². The molecule has 0 N–H and O–H groups in total. The standard InChI is InChI=1S/C12H23BN2PSi/c1-14-9-10-15(2)16(14,13)11-7-6-8-12(11)17(3,4)5/h6,8H,7,9-10H2,1-5H3/q+1. The highest BCUT2D eigenvalue weighted by Gasteiger charge is 2.52. The molecule has 2 nitrogen and oxygen atoms in total. The third-order valence-electron chi connectivity index (χ3n) is 3.90. The van der Waals surface area contributed by atoms with Crippen LogP contribution in [0.15, 0.2) is 22.7 Å². The molecular formula is C12H23BN2PSi+. The zero-order valence-electron chi connectivity index (χ0n) is 11.7. The second kappa shape index (κ2) is 4.34. The molecule has 1 heterocycles. The Morgan fingerprint density at radius 2 is 1.71 bits per heavy atom. The zero-order valence-corrected chi connectivity index (χ0v) is 13.6. The van der Waals surface area contributed by atoms with E-state index in [0.29, 0.717) is 0 Å². The Kier molecular flexibility index (Phi) is 3.46. The monoisotopic (exact) mass is 265 g/mol. The molecular weight excluding hydrogens is 242 g/mol. The quantitative estimate of drug-likeness (QED) is 0.559. The molecule has 1 fully saturated rings. The number of likely N-dealkylation sites (N-methyl/N-ethyl adjacent to an activating group) is 2. The minimum atomic E-state index is -1.68. The van der Waals surface area contributed by atoms with E-state index in [0.717, 1.165) is 19.5 Å². The molecule has 1 aliphatic carbocycles. The zero-order chi connectivity index (χ0) is 12.8. The van der Waals surface area contributed by atoms with E-state index in [-0.39, 0.29) is 0 Å².